The fourth-order valence-electron chi connectivity index (χ4n) is 2.45. The summed E-state index contributed by atoms with van der Waals surface area (Å²) in [5.41, 5.74) is 1.13. The third kappa shape index (κ3) is 3.19. The van der Waals surface area contributed by atoms with Crippen LogP contribution in [-0.2, 0) is 4.74 Å². The van der Waals surface area contributed by atoms with Crippen molar-refractivity contribution in [3.8, 4) is 0 Å². The molecule has 114 valence electrons. The number of carbonyl (C=O) groups excluding carboxylic acids is 1. The molecule has 0 bridgehead atoms. The number of carbonyl (C=O) groups is 1. The first-order valence-electron chi connectivity index (χ1n) is 7.50. The van der Waals surface area contributed by atoms with Crippen LogP contribution < -0.4 is 10.6 Å². The molecule has 1 unspecified atom stereocenters. The summed E-state index contributed by atoms with van der Waals surface area (Å²) in [4.78, 5) is 16.0. The summed E-state index contributed by atoms with van der Waals surface area (Å²) in [6, 6.07) is 14.6. The van der Waals surface area contributed by atoms with E-state index in [1.165, 1.54) is 10.8 Å². The Bertz CT molecular complexity index is 712. The van der Waals surface area contributed by atoms with Crippen LogP contribution in [0, 0.1) is 0 Å². The van der Waals surface area contributed by atoms with Gasteiger partial charge < -0.3 is 10.1 Å². The van der Waals surface area contributed by atoms with E-state index in [0.29, 0.717) is 19.1 Å². The van der Waals surface area contributed by atoms with E-state index in [4.69, 9.17) is 4.74 Å². The molecule has 0 aliphatic carbocycles. The average Bonchev–Trinajstić information content (AvgIpc) is 3.01. The number of ether oxygens (including phenoxy) is 1. The highest BCUT2D eigenvalue weighted by atomic mass is 16.5. The molecule has 3 rings (SSSR count). The van der Waals surface area contributed by atoms with Gasteiger partial charge in [0.1, 0.15) is 0 Å². The van der Waals surface area contributed by atoms with Crippen molar-refractivity contribution in [2.45, 2.75) is 19.4 Å². The minimum atomic E-state index is -0.465. The van der Waals surface area contributed by atoms with Crippen LogP contribution in [0.25, 0.3) is 10.8 Å². The fourth-order valence-corrected chi connectivity index (χ4v) is 2.45. The number of hydrogen-bond acceptors (Lipinski definition) is 4. The standard InChI is InChI=1S/C17H19N3O2/c1-2-9-22-17(21)20-16-18-11-15(19-16)14-8-7-12-5-3-4-6-13(12)10-14/h3-8,10,15H,2,9,11H2,1H3,(H2,18,19,20,21). The summed E-state index contributed by atoms with van der Waals surface area (Å²) in [6.45, 7) is 3.03. The molecular formula is C17H19N3O2. The lowest BCUT2D eigenvalue weighted by Gasteiger charge is -2.07. The van der Waals surface area contributed by atoms with Gasteiger partial charge in [-0.1, -0.05) is 43.3 Å². The summed E-state index contributed by atoms with van der Waals surface area (Å²) in [6.07, 6.45) is 0.333. The first-order valence-corrected chi connectivity index (χ1v) is 7.50. The SMILES string of the molecule is CCCOC(=O)NC1=NC(c2ccc3ccccc3c2)CN1. The van der Waals surface area contributed by atoms with Crippen molar-refractivity contribution >= 4 is 22.8 Å². The summed E-state index contributed by atoms with van der Waals surface area (Å²) < 4.78 is 4.98. The van der Waals surface area contributed by atoms with Gasteiger partial charge in [-0.2, -0.15) is 0 Å². The van der Waals surface area contributed by atoms with Gasteiger partial charge in [0.25, 0.3) is 0 Å². The lowest BCUT2D eigenvalue weighted by Crippen LogP contribution is -2.38. The van der Waals surface area contributed by atoms with Gasteiger partial charge in [0.15, 0.2) is 0 Å². The monoisotopic (exact) mass is 297 g/mol. The predicted molar refractivity (Wildman–Crippen MR) is 86.9 cm³/mol. The molecule has 1 aliphatic rings. The third-order valence-corrected chi connectivity index (χ3v) is 3.56. The van der Waals surface area contributed by atoms with Crippen LogP contribution in [0.3, 0.4) is 0 Å². The van der Waals surface area contributed by atoms with Gasteiger partial charge in [-0.3, -0.25) is 5.32 Å². The van der Waals surface area contributed by atoms with Gasteiger partial charge >= 0.3 is 6.09 Å². The molecule has 0 saturated heterocycles. The number of alkyl carbamates (subject to hydrolysis) is 1. The normalized spacial score (nSPS) is 17.0. The average molecular weight is 297 g/mol. The highest BCUT2D eigenvalue weighted by molar-refractivity contribution is 5.95. The Hall–Kier alpha value is -2.56. The molecular weight excluding hydrogens is 278 g/mol. The van der Waals surface area contributed by atoms with Gasteiger partial charge in [-0.15, -0.1) is 0 Å². The van der Waals surface area contributed by atoms with E-state index >= 15 is 0 Å². The molecule has 2 aromatic rings. The fraction of sp³-hybridized carbons (Fsp3) is 0.294. The number of aliphatic imine (C=N–C) groups is 1. The minimum absolute atomic E-state index is 0.00563. The highest BCUT2D eigenvalue weighted by Gasteiger charge is 2.20. The maximum Gasteiger partial charge on any atom is 0.413 e. The first-order chi connectivity index (χ1) is 10.8. The minimum Gasteiger partial charge on any atom is -0.449 e. The number of rotatable bonds is 3. The van der Waals surface area contributed by atoms with Gasteiger partial charge in [-0.05, 0) is 28.8 Å². The third-order valence-electron chi connectivity index (χ3n) is 3.56. The second-order valence-corrected chi connectivity index (χ2v) is 5.24. The number of nitrogens with one attached hydrogen (secondary N) is 2. The van der Waals surface area contributed by atoms with Crippen molar-refractivity contribution < 1.29 is 9.53 Å². The van der Waals surface area contributed by atoms with Crippen LogP contribution in [0.1, 0.15) is 24.9 Å². The van der Waals surface area contributed by atoms with Crippen molar-refractivity contribution in [3.05, 3.63) is 48.0 Å². The molecule has 0 spiro atoms. The van der Waals surface area contributed by atoms with E-state index in [-0.39, 0.29) is 6.04 Å². The van der Waals surface area contributed by atoms with Crippen molar-refractivity contribution in [3.63, 3.8) is 0 Å². The van der Waals surface area contributed by atoms with Gasteiger partial charge in [0.05, 0.1) is 12.6 Å². The summed E-state index contributed by atoms with van der Waals surface area (Å²) in [5, 5.41) is 8.13. The summed E-state index contributed by atoms with van der Waals surface area (Å²) in [7, 11) is 0. The maximum absolute atomic E-state index is 11.5. The smallest absolute Gasteiger partial charge is 0.413 e. The Morgan fingerprint density at radius 1 is 1.32 bits per heavy atom. The first kappa shape index (κ1) is 14.4. The van der Waals surface area contributed by atoms with Crippen LogP contribution in [0.2, 0.25) is 0 Å². The predicted octanol–water partition coefficient (Wildman–Crippen LogP) is 2.98. The molecule has 5 nitrogen and oxygen atoms in total. The second-order valence-electron chi connectivity index (χ2n) is 5.24. The lowest BCUT2D eigenvalue weighted by molar-refractivity contribution is 0.151. The zero-order valence-corrected chi connectivity index (χ0v) is 12.5. The molecule has 0 radical (unpaired) electrons. The van der Waals surface area contributed by atoms with Crippen LogP contribution >= 0.6 is 0 Å². The molecule has 2 N–H and O–H groups in total. The Balaban J connectivity index is 1.71. The van der Waals surface area contributed by atoms with E-state index in [1.807, 2.05) is 19.1 Å². The Morgan fingerprint density at radius 2 is 2.14 bits per heavy atom. The van der Waals surface area contributed by atoms with E-state index in [9.17, 15) is 4.79 Å². The van der Waals surface area contributed by atoms with Crippen LogP contribution in [0.5, 0.6) is 0 Å². The van der Waals surface area contributed by atoms with Crippen LogP contribution in [0.15, 0.2) is 47.5 Å². The Morgan fingerprint density at radius 3 is 2.95 bits per heavy atom. The molecule has 22 heavy (non-hydrogen) atoms. The molecule has 0 saturated carbocycles. The van der Waals surface area contributed by atoms with Gasteiger partial charge in [0.2, 0.25) is 5.96 Å². The van der Waals surface area contributed by atoms with Crippen molar-refractivity contribution in [1.82, 2.24) is 10.6 Å². The van der Waals surface area contributed by atoms with Crippen LogP contribution in [0.4, 0.5) is 4.79 Å². The molecule has 0 fully saturated rings. The summed E-state index contributed by atoms with van der Waals surface area (Å²) in [5.74, 6) is 0.472. The van der Waals surface area contributed by atoms with E-state index in [0.717, 1.165) is 12.0 Å². The Labute approximate surface area is 129 Å². The molecule has 0 aromatic heterocycles. The number of fused-ring (bicyclic) bond motifs is 1. The molecule has 1 aliphatic heterocycles. The molecule has 5 heteroatoms. The van der Waals surface area contributed by atoms with Crippen molar-refractivity contribution in [1.29, 1.82) is 0 Å². The van der Waals surface area contributed by atoms with Crippen molar-refractivity contribution in [2.24, 2.45) is 4.99 Å². The number of guanidine groups is 1. The number of hydrogen-bond donors (Lipinski definition) is 2. The summed E-state index contributed by atoms with van der Waals surface area (Å²) >= 11 is 0. The lowest BCUT2D eigenvalue weighted by atomic mass is 10.0. The number of nitrogens with zero attached hydrogens (tertiary/aromatic N) is 1. The maximum atomic E-state index is 11.5. The second kappa shape index (κ2) is 6.47. The zero-order chi connectivity index (χ0) is 15.4. The zero-order valence-electron chi connectivity index (χ0n) is 12.5. The molecule has 1 atom stereocenters. The van der Waals surface area contributed by atoms with E-state index in [1.54, 1.807) is 0 Å². The van der Waals surface area contributed by atoms with Crippen molar-refractivity contribution in [2.75, 3.05) is 13.2 Å². The van der Waals surface area contributed by atoms with E-state index in [2.05, 4.69) is 46.0 Å². The van der Waals surface area contributed by atoms with Gasteiger partial charge in [-0.25, -0.2) is 9.79 Å². The Kier molecular flexibility index (Phi) is 4.23. The van der Waals surface area contributed by atoms with E-state index < -0.39 is 6.09 Å². The molecule has 2 aromatic carbocycles. The van der Waals surface area contributed by atoms with Crippen LogP contribution in [-0.4, -0.2) is 25.2 Å². The van der Waals surface area contributed by atoms with Gasteiger partial charge in [0, 0.05) is 6.54 Å². The molecule has 1 amide bonds. The number of amides is 1. The number of benzene rings is 2. The topological polar surface area (TPSA) is 62.7 Å². The highest BCUT2D eigenvalue weighted by Crippen LogP contribution is 2.24. The molecule has 1 heterocycles. The quantitative estimate of drug-likeness (QED) is 0.915. The largest absolute Gasteiger partial charge is 0.449 e.